The number of likely N-dealkylation sites (N-methyl/N-ethyl adjacent to an activating group) is 1. The van der Waals surface area contributed by atoms with Crippen LogP contribution in [-0.4, -0.2) is 51.3 Å². The number of halogens is 3. The number of nitrogens with zero attached hydrogens (tertiary/aromatic N) is 3. The second-order valence-electron chi connectivity index (χ2n) is 4.88. The molecule has 1 aromatic heterocycles. The lowest BCUT2D eigenvalue weighted by Gasteiger charge is -2.26. The maximum absolute atomic E-state index is 12.4. The fourth-order valence-corrected chi connectivity index (χ4v) is 1.80. The molecule has 21 heavy (non-hydrogen) atoms. The van der Waals surface area contributed by atoms with Crippen molar-refractivity contribution in [3.8, 4) is 0 Å². The molecule has 0 aliphatic rings. The monoisotopic (exact) mass is 305 g/mol. The summed E-state index contributed by atoms with van der Waals surface area (Å²) in [7, 11) is 0. The Morgan fingerprint density at radius 2 is 2.05 bits per heavy atom. The molecule has 8 heteroatoms. The number of carbonyl (C=O) groups is 1. The molecular formula is C13H18F3N3O2. The molecule has 0 fully saturated rings. The molecule has 1 amide bonds. The lowest BCUT2D eigenvalue weighted by molar-refractivity contribution is -0.206. The van der Waals surface area contributed by atoms with E-state index >= 15 is 0 Å². The Kier molecular flexibility index (Phi) is 5.65. The average Bonchev–Trinajstić information content (AvgIpc) is 2.42. The molecule has 1 N–H and O–H groups in total. The highest BCUT2D eigenvalue weighted by Crippen LogP contribution is 2.22. The van der Waals surface area contributed by atoms with Gasteiger partial charge in [0.25, 0.3) is 5.91 Å². The van der Waals surface area contributed by atoms with E-state index in [9.17, 15) is 18.0 Å². The first kappa shape index (κ1) is 17.4. The number of aliphatic hydroxyl groups excluding tert-OH is 1. The van der Waals surface area contributed by atoms with E-state index in [1.165, 1.54) is 12.5 Å². The summed E-state index contributed by atoms with van der Waals surface area (Å²) in [5.41, 5.74) is 0.624. The number of carbonyl (C=O) groups excluding carboxylic acids is 1. The second kappa shape index (κ2) is 6.84. The predicted octanol–water partition coefficient (Wildman–Crippen LogP) is 1.99. The number of hydrogen-bond acceptors (Lipinski definition) is 4. The van der Waals surface area contributed by atoms with Gasteiger partial charge in [0.15, 0.2) is 6.10 Å². The third-order valence-electron chi connectivity index (χ3n) is 2.96. The summed E-state index contributed by atoms with van der Waals surface area (Å²) >= 11 is 0. The van der Waals surface area contributed by atoms with Gasteiger partial charge in [-0.05, 0) is 12.8 Å². The van der Waals surface area contributed by atoms with E-state index in [2.05, 4.69) is 9.97 Å². The standard InChI is InChI=1S/C13H18F3N3O2/c1-4-19(6-10(20)13(14,15)16)12(21)9-5-17-7-18-11(9)8(2)3/h5,7-8,10,20H,4,6H2,1-3H3. The fourth-order valence-electron chi connectivity index (χ4n) is 1.80. The number of rotatable bonds is 5. The van der Waals surface area contributed by atoms with Crippen molar-refractivity contribution in [1.82, 2.24) is 14.9 Å². The summed E-state index contributed by atoms with van der Waals surface area (Å²) in [5, 5.41) is 9.11. The van der Waals surface area contributed by atoms with E-state index in [1.807, 2.05) is 13.8 Å². The fraction of sp³-hybridized carbons (Fsp3) is 0.615. The first-order valence-corrected chi connectivity index (χ1v) is 6.52. The number of hydrogen-bond donors (Lipinski definition) is 1. The molecule has 0 spiro atoms. The molecule has 1 aromatic rings. The minimum absolute atomic E-state index is 0.0401. The third-order valence-corrected chi connectivity index (χ3v) is 2.96. The summed E-state index contributed by atoms with van der Waals surface area (Å²) in [6.07, 6.45) is -4.77. The Morgan fingerprint density at radius 3 is 2.52 bits per heavy atom. The molecule has 1 atom stereocenters. The normalized spacial score (nSPS) is 13.3. The van der Waals surface area contributed by atoms with Gasteiger partial charge in [-0.15, -0.1) is 0 Å². The van der Waals surface area contributed by atoms with Crippen LogP contribution in [0.5, 0.6) is 0 Å². The molecule has 1 rings (SSSR count). The SMILES string of the molecule is CCN(CC(O)C(F)(F)F)C(=O)c1cncnc1C(C)C. The van der Waals surface area contributed by atoms with Gasteiger partial charge in [0, 0.05) is 12.7 Å². The van der Waals surface area contributed by atoms with Gasteiger partial charge in [0.2, 0.25) is 0 Å². The summed E-state index contributed by atoms with van der Waals surface area (Å²) in [6, 6.07) is 0. The predicted molar refractivity (Wildman–Crippen MR) is 69.8 cm³/mol. The smallest absolute Gasteiger partial charge is 0.382 e. The quantitative estimate of drug-likeness (QED) is 0.903. The molecule has 1 unspecified atom stereocenters. The van der Waals surface area contributed by atoms with Crippen molar-refractivity contribution in [2.75, 3.05) is 13.1 Å². The van der Waals surface area contributed by atoms with Crippen LogP contribution in [0.3, 0.4) is 0 Å². The Bertz CT molecular complexity index is 492. The van der Waals surface area contributed by atoms with Gasteiger partial charge in [-0.1, -0.05) is 13.8 Å². The summed E-state index contributed by atoms with van der Waals surface area (Å²) in [4.78, 5) is 21.0. The van der Waals surface area contributed by atoms with E-state index in [0.29, 0.717) is 5.69 Å². The molecule has 0 aromatic carbocycles. The molecule has 0 saturated carbocycles. The van der Waals surface area contributed by atoms with Crippen LogP contribution >= 0.6 is 0 Å². The van der Waals surface area contributed by atoms with Crippen LogP contribution < -0.4 is 0 Å². The van der Waals surface area contributed by atoms with Crippen molar-refractivity contribution < 1.29 is 23.1 Å². The van der Waals surface area contributed by atoms with Crippen LogP contribution in [0.15, 0.2) is 12.5 Å². The van der Waals surface area contributed by atoms with Crippen LogP contribution in [0, 0.1) is 0 Å². The minimum Gasteiger partial charge on any atom is -0.382 e. The Balaban J connectivity index is 3.00. The van der Waals surface area contributed by atoms with Crippen LogP contribution in [0.25, 0.3) is 0 Å². The van der Waals surface area contributed by atoms with Gasteiger partial charge in [0.05, 0.1) is 17.8 Å². The molecular weight excluding hydrogens is 287 g/mol. The van der Waals surface area contributed by atoms with Gasteiger partial charge in [-0.2, -0.15) is 13.2 Å². The largest absolute Gasteiger partial charge is 0.416 e. The average molecular weight is 305 g/mol. The van der Waals surface area contributed by atoms with Crippen LogP contribution in [-0.2, 0) is 0 Å². The Hall–Kier alpha value is -1.70. The molecule has 118 valence electrons. The molecule has 1 heterocycles. The highest BCUT2D eigenvalue weighted by molar-refractivity contribution is 5.95. The van der Waals surface area contributed by atoms with Crippen LogP contribution in [0.2, 0.25) is 0 Å². The highest BCUT2D eigenvalue weighted by atomic mass is 19.4. The van der Waals surface area contributed by atoms with Gasteiger partial charge in [0.1, 0.15) is 6.33 Å². The van der Waals surface area contributed by atoms with E-state index in [4.69, 9.17) is 5.11 Å². The zero-order valence-electron chi connectivity index (χ0n) is 12.1. The molecule has 0 saturated heterocycles. The van der Waals surface area contributed by atoms with E-state index in [0.717, 1.165) is 4.90 Å². The van der Waals surface area contributed by atoms with Crippen molar-refractivity contribution in [3.63, 3.8) is 0 Å². The zero-order valence-corrected chi connectivity index (χ0v) is 12.1. The third kappa shape index (κ3) is 4.38. The highest BCUT2D eigenvalue weighted by Gasteiger charge is 2.40. The second-order valence-corrected chi connectivity index (χ2v) is 4.88. The number of aromatic nitrogens is 2. The molecule has 0 aliphatic heterocycles. The molecule has 0 radical (unpaired) electrons. The van der Waals surface area contributed by atoms with E-state index < -0.39 is 24.7 Å². The van der Waals surface area contributed by atoms with Crippen molar-refractivity contribution in [3.05, 3.63) is 23.8 Å². The number of aliphatic hydroxyl groups is 1. The van der Waals surface area contributed by atoms with Gasteiger partial charge in [-0.25, -0.2) is 9.97 Å². The Labute approximate surface area is 120 Å². The van der Waals surface area contributed by atoms with E-state index in [1.54, 1.807) is 6.92 Å². The first-order chi connectivity index (χ1) is 9.68. The molecule has 0 aliphatic carbocycles. The van der Waals surface area contributed by atoms with Crippen LogP contribution in [0.1, 0.15) is 42.7 Å². The van der Waals surface area contributed by atoms with Crippen molar-refractivity contribution >= 4 is 5.91 Å². The Morgan fingerprint density at radius 1 is 1.43 bits per heavy atom. The topological polar surface area (TPSA) is 66.3 Å². The maximum atomic E-state index is 12.4. The van der Waals surface area contributed by atoms with Gasteiger partial charge >= 0.3 is 6.18 Å². The van der Waals surface area contributed by atoms with E-state index in [-0.39, 0.29) is 18.0 Å². The van der Waals surface area contributed by atoms with Crippen LogP contribution in [0.4, 0.5) is 13.2 Å². The van der Waals surface area contributed by atoms with Crippen molar-refractivity contribution in [2.24, 2.45) is 0 Å². The van der Waals surface area contributed by atoms with Crippen molar-refractivity contribution in [2.45, 2.75) is 39.0 Å². The molecule has 5 nitrogen and oxygen atoms in total. The summed E-state index contributed by atoms with van der Waals surface area (Å²) < 4.78 is 37.2. The molecule has 0 bridgehead atoms. The summed E-state index contributed by atoms with van der Waals surface area (Å²) in [6.45, 7) is 4.41. The first-order valence-electron chi connectivity index (χ1n) is 6.52. The van der Waals surface area contributed by atoms with Gasteiger partial charge < -0.3 is 10.0 Å². The van der Waals surface area contributed by atoms with Crippen molar-refractivity contribution in [1.29, 1.82) is 0 Å². The maximum Gasteiger partial charge on any atom is 0.416 e. The zero-order chi connectivity index (χ0) is 16.2. The lowest BCUT2D eigenvalue weighted by Crippen LogP contribution is -2.44. The summed E-state index contributed by atoms with van der Waals surface area (Å²) in [5.74, 6) is -0.691. The lowest BCUT2D eigenvalue weighted by atomic mass is 10.0. The number of alkyl halides is 3. The number of amides is 1. The van der Waals surface area contributed by atoms with Gasteiger partial charge in [-0.3, -0.25) is 4.79 Å². The minimum atomic E-state index is -4.76.